The minimum Gasteiger partial charge on any atom is -0.493 e. The highest BCUT2D eigenvalue weighted by atomic mass is 79.9. The van der Waals surface area contributed by atoms with Crippen LogP contribution in [0, 0.1) is 0 Å². The monoisotopic (exact) mass is 715 g/mol. The Hall–Kier alpha value is -4.69. The van der Waals surface area contributed by atoms with Gasteiger partial charge in [-0.15, -0.1) is 0 Å². The average molecular weight is 717 g/mol. The molecule has 1 amide bonds. The van der Waals surface area contributed by atoms with Crippen LogP contribution >= 0.6 is 27.3 Å². The normalized spacial score (nSPS) is 14.8. The van der Waals surface area contributed by atoms with Gasteiger partial charge in [0.15, 0.2) is 22.9 Å². The summed E-state index contributed by atoms with van der Waals surface area (Å²) in [5, 5.41) is 2.38. The molecule has 1 aliphatic rings. The molecule has 2 heterocycles. The Morgan fingerprint density at radius 2 is 1.80 bits per heavy atom. The average Bonchev–Trinajstić information content (AvgIpc) is 3.33. The van der Waals surface area contributed by atoms with Crippen molar-refractivity contribution in [2.75, 3.05) is 26.1 Å². The summed E-state index contributed by atoms with van der Waals surface area (Å²) in [6.45, 7) is 1.18. The van der Waals surface area contributed by atoms with E-state index in [2.05, 4.69) is 26.2 Å². The van der Waals surface area contributed by atoms with Gasteiger partial charge in [0.25, 0.3) is 11.5 Å². The van der Waals surface area contributed by atoms with Crippen LogP contribution in [0.1, 0.15) is 29.7 Å². The van der Waals surface area contributed by atoms with Crippen molar-refractivity contribution >= 4 is 50.9 Å². The Morgan fingerprint density at radius 1 is 1.07 bits per heavy atom. The van der Waals surface area contributed by atoms with E-state index < -0.39 is 36.3 Å². The topological polar surface area (TPSA) is 108 Å². The molecule has 0 saturated carbocycles. The predicted molar refractivity (Wildman–Crippen MR) is 168 cm³/mol. The Morgan fingerprint density at radius 3 is 2.48 bits per heavy atom. The lowest BCUT2D eigenvalue weighted by atomic mass is 9.96. The van der Waals surface area contributed by atoms with Crippen molar-refractivity contribution in [1.82, 2.24) is 4.57 Å². The molecule has 1 N–H and O–H groups in total. The summed E-state index contributed by atoms with van der Waals surface area (Å²) in [5.41, 5.74) is 0.661. The number of alkyl halides is 3. The lowest BCUT2D eigenvalue weighted by molar-refractivity contribution is -0.138. The van der Waals surface area contributed by atoms with Crippen molar-refractivity contribution in [1.29, 1.82) is 0 Å². The molecule has 4 aromatic rings. The number of benzene rings is 3. The van der Waals surface area contributed by atoms with Crippen LogP contribution in [0.25, 0.3) is 6.08 Å². The second kappa shape index (κ2) is 13.3. The molecule has 1 aliphatic heterocycles. The largest absolute Gasteiger partial charge is 0.493 e. The minimum absolute atomic E-state index is 0.0308. The molecule has 238 valence electrons. The summed E-state index contributed by atoms with van der Waals surface area (Å²) >= 11 is 4.63. The number of nitrogens with zero attached hydrogens (tertiary/aromatic N) is 2. The van der Waals surface area contributed by atoms with Crippen molar-refractivity contribution in [2.24, 2.45) is 4.99 Å². The first kappa shape index (κ1) is 32.7. The van der Waals surface area contributed by atoms with E-state index in [4.69, 9.17) is 14.2 Å². The predicted octanol–water partition coefficient (Wildman–Crippen LogP) is 5.22. The van der Waals surface area contributed by atoms with Crippen LogP contribution in [0.4, 0.5) is 18.9 Å². The third kappa shape index (κ3) is 6.77. The standard InChI is InChI=1S/C32H25BrF3N3O6S/c1-17-27(30(42)44-3)28(18-8-5-4-6-9-18)39-29(41)25(46-31(39)37-17)13-19-12-23(43-2)24(15-22(19)33)45-16-26(40)38-21-11-7-10-20(14-21)32(34,35)36/h4-15,28H,16H2,1-3H3,(H,38,40)/b25-13-/t28-/m0/s1. The first-order chi connectivity index (χ1) is 21.9. The maximum Gasteiger partial charge on any atom is 0.416 e. The molecule has 46 heavy (non-hydrogen) atoms. The second-order valence-electron chi connectivity index (χ2n) is 9.92. The fourth-order valence-corrected chi connectivity index (χ4v) is 6.31. The molecule has 0 radical (unpaired) electrons. The third-order valence-corrected chi connectivity index (χ3v) is 8.61. The zero-order chi connectivity index (χ0) is 33.2. The molecule has 0 aliphatic carbocycles. The van der Waals surface area contributed by atoms with Crippen LogP contribution in [0.3, 0.4) is 0 Å². The van der Waals surface area contributed by atoms with Gasteiger partial charge in [0.05, 0.1) is 41.6 Å². The molecule has 0 bridgehead atoms. The fourth-order valence-electron chi connectivity index (χ4n) is 4.83. The number of aromatic nitrogens is 1. The number of ether oxygens (including phenoxy) is 3. The van der Waals surface area contributed by atoms with E-state index in [0.29, 0.717) is 30.6 Å². The number of anilines is 1. The minimum atomic E-state index is -4.55. The Labute approximate surface area is 272 Å². The summed E-state index contributed by atoms with van der Waals surface area (Å²) in [4.78, 5) is 44.0. The molecule has 5 rings (SSSR count). The number of thiazole rings is 1. The number of rotatable bonds is 8. The highest BCUT2D eigenvalue weighted by Gasteiger charge is 2.33. The number of allylic oxidation sites excluding steroid dienone is 1. The van der Waals surface area contributed by atoms with E-state index in [9.17, 15) is 27.6 Å². The summed E-state index contributed by atoms with van der Waals surface area (Å²) < 4.78 is 57.4. The van der Waals surface area contributed by atoms with Gasteiger partial charge in [0.2, 0.25) is 0 Å². The van der Waals surface area contributed by atoms with Crippen LogP contribution in [-0.2, 0) is 20.5 Å². The number of fused-ring (bicyclic) bond motifs is 1. The van der Waals surface area contributed by atoms with Gasteiger partial charge in [-0.05, 0) is 54.5 Å². The zero-order valence-electron chi connectivity index (χ0n) is 24.5. The van der Waals surface area contributed by atoms with Gasteiger partial charge in [-0.25, -0.2) is 9.79 Å². The Balaban J connectivity index is 1.44. The number of carbonyl (C=O) groups is 2. The van der Waals surface area contributed by atoms with E-state index in [0.717, 1.165) is 23.5 Å². The van der Waals surface area contributed by atoms with Gasteiger partial charge in [-0.3, -0.25) is 14.2 Å². The van der Waals surface area contributed by atoms with Crippen LogP contribution < -0.4 is 29.7 Å². The maximum atomic E-state index is 13.8. The molecule has 9 nitrogen and oxygen atoms in total. The van der Waals surface area contributed by atoms with Gasteiger partial charge in [0.1, 0.15) is 0 Å². The number of esters is 1. The first-order valence-corrected chi connectivity index (χ1v) is 15.2. The van der Waals surface area contributed by atoms with Crippen LogP contribution in [0.2, 0.25) is 0 Å². The quantitative estimate of drug-likeness (QED) is 0.251. The van der Waals surface area contributed by atoms with Gasteiger partial charge >= 0.3 is 12.1 Å². The number of halogens is 4. The van der Waals surface area contributed by atoms with E-state index in [1.807, 2.05) is 30.3 Å². The number of methoxy groups -OCH3 is 2. The van der Waals surface area contributed by atoms with E-state index in [-0.39, 0.29) is 28.3 Å². The molecule has 3 aromatic carbocycles. The first-order valence-electron chi connectivity index (χ1n) is 13.5. The van der Waals surface area contributed by atoms with Crippen LogP contribution in [-0.4, -0.2) is 37.3 Å². The number of hydrogen-bond acceptors (Lipinski definition) is 8. The van der Waals surface area contributed by atoms with E-state index in [1.165, 1.54) is 30.9 Å². The Kier molecular flexibility index (Phi) is 9.49. The van der Waals surface area contributed by atoms with Gasteiger partial charge in [-0.1, -0.05) is 63.7 Å². The zero-order valence-corrected chi connectivity index (χ0v) is 26.9. The van der Waals surface area contributed by atoms with Crippen molar-refractivity contribution < 1.29 is 37.0 Å². The molecule has 14 heteroatoms. The lowest BCUT2D eigenvalue weighted by Crippen LogP contribution is -2.39. The second-order valence-corrected chi connectivity index (χ2v) is 11.8. The highest BCUT2D eigenvalue weighted by molar-refractivity contribution is 9.10. The molecule has 1 aromatic heterocycles. The number of amides is 1. The fraction of sp³-hybridized carbons (Fsp3) is 0.188. The van der Waals surface area contributed by atoms with E-state index >= 15 is 0 Å². The van der Waals surface area contributed by atoms with Crippen molar-refractivity contribution in [3.8, 4) is 11.5 Å². The van der Waals surface area contributed by atoms with E-state index in [1.54, 1.807) is 25.1 Å². The smallest absolute Gasteiger partial charge is 0.416 e. The molecular weight excluding hydrogens is 691 g/mol. The van der Waals surface area contributed by atoms with Gasteiger partial charge in [-0.2, -0.15) is 13.2 Å². The molecule has 0 unspecified atom stereocenters. The molecule has 0 saturated heterocycles. The number of nitrogens with one attached hydrogen (secondary N) is 1. The summed E-state index contributed by atoms with van der Waals surface area (Å²) in [6.07, 6.45) is -2.91. The van der Waals surface area contributed by atoms with Crippen molar-refractivity contribution in [3.63, 3.8) is 0 Å². The lowest BCUT2D eigenvalue weighted by Gasteiger charge is -2.24. The van der Waals surface area contributed by atoms with Gasteiger partial charge < -0.3 is 19.5 Å². The highest BCUT2D eigenvalue weighted by Crippen LogP contribution is 2.35. The molecule has 1 atom stereocenters. The molecule has 0 fully saturated rings. The third-order valence-electron chi connectivity index (χ3n) is 6.94. The molecular formula is C32H25BrF3N3O6S. The van der Waals surface area contributed by atoms with Crippen molar-refractivity contribution in [3.05, 3.63) is 119 Å². The summed E-state index contributed by atoms with van der Waals surface area (Å²) in [6, 6.07) is 15.8. The van der Waals surface area contributed by atoms with Gasteiger partial charge in [0, 0.05) is 10.2 Å². The number of hydrogen-bond donors (Lipinski definition) is 1. The Bertz CT molecular complexity index is 2040. The number of carbonyl (C=O) groups excluding carboxylic acids is 2. The molecule has 0 spiro atoms. The summed E-state index contributed by atoms with van der Waals surface area (Å²) in [7, 11) is 2.67. The van der Waals surface area contributed by atoms with Crippen molar-refractivity contribution in [2.45, 2.75) is 19.1 Å². The SMILES string of the molecule is COC(=O)C1=C(C)N=c2s/c(=C\c3cc(OC)c(OCC(=O)Nc4cccc(C(F)(F)F)c4)cc3Br)c(=O)n2[C@H]1c1ccccc1. The maximum absolute atomic E-state index is 13.8. The summed E-state index contributed by atoms with van der Waals surface area (Å²) in [5.74, 6) is -0.858. The van der Waals surface area contributed by atoms with Crippen LogP contribution in [0.5, 0.6) is 11.5 Å². The van der Waals surface area contributed by atoms with Crippen LogP contribution in [0.15, 0.2) is 92.3 Å².